The lowest BCUT2D eigenvalue weighted by Crippen LogP contribution is -2.40. The maximum Gasteiger partial charge on any atom is 0.320 e. The Morgan fingerprint density at radius 3 is 2.50 bits per heavy atom. The first-order chi connectivity index (χ1) is 6.26. The Hall–Kier alpha value is -0.130. The molecule has 0 aromatic carbocycles. The summed E-state index contributed by atoms with van der Waals surface area (Å²) >= 11 is 3.21. The van der Waals surface area contributed by atoms with Crippen LogP contribution in [0, 0.1) is 0 Å². The average molecular weight is 268 g/mol. The van der Waals surface area contributed by atoms with Crippen molar-refractivity contribution >= 4 is 21.9 Å². The summed E-state index contributed by atoms with van der Waals surface area (Å²) in [5, 5.41) is 9.52. The molecule has 0 spiro atoms. The van der Waals surface area contributed by atoms with Gasteiger partial charge >= 0.3 is 5.97 Å². The molecule has 0 saturated carbocycles. The van der Waals surface area contributed by atoms with E-state index < -0.39 is 5.60 Å². The van der Waals surface area contributed by atoms with E-state index in [4.69, 9.17) is 0 Å². The Kier molecular flexibility index (Phi) is 5.63. The highest BCUT2D eigenvalue weighted by atomic mass is 79.9. The van der Waals surface area contributed by atoms with Gasteiger partial charge in [-0.25, -0.2) is 0 Å². The average Bonchev–Trinajstić information content (AvgIpc) is 1.99. The van der Waals surface area contributed by atoms with Gasteiger partial charge in [0.2, 0.25) is 0 Å². The second-order valence-corrected chi connectivity index (χ2v) is 5.11. The quantitative estimate of drug-likeness (QED) is 0.587. The molecule has 1 unspecified atom stereocenters. The normalized spacial score (nSPS) is 14.2. The first-order valence-electron chi connectivity index (χ1n) is 4.39. The summed E-state index contributed by atoms with van der Waals surface area (Å²) in [7, 11) is 3.20. The van der Waals surface area contributed by atoms with Gasteiger partial charge in [-0.1, -0.05) is 15.9 Å². The second kappa shape index (κ2) is 5.68. The van der Waals surface area contributed by atoms with Crippen molar-refractivity contribution in [2.45, 2.75) is 24.3 Å². The molecule has 4 nitrogen and oxygen atoms in total. The fraction of sp³-hybridized carbons (Fsp3) is 0.889. The lowest BCUT2D eigenvalue weighted by molar-refractivity contribution is -0.140. The van der Waals surface area contributed by atoms with E-state index >= 15 is 0 Å². The number of hydrogen-bond acceptors (Lipinski definition) is 4. The summed E-state index contributed by atoms with van der Waals surface area (Å²) < 4.78 is 4.57. The van der Waals surface area contributed by atoms with Gasteiger partial charge in [0.1, 0.15) is 4.83 Å². The minimum atomic E-state index is -0.752. The van der Waals surface area contributed by atoms with Crippen LogP contribution in [-0.4, -0.2) is 53.7 Å². The molecule has 0 heterocycles. The van der Waals surface area contributed by atoms with Crippen molar-refractivity contribution in [1.82, 2.24) is 4.90 Å². The predicted molar refractivity (Wildman–Crippen MR) is 58.5 cm³/mol. The van der Waals surface area contributed by atoms with E-state index in [-0.39, 0.29) is 10.8 Å². The monoisotopic (exact) mass is 267 g/mol. The van der Waals surface area contributed by atoms with Gasteiger partial charge in [-0.05, 0) is 20.9 Å². The Bertz CT molecular complexity index is 191. The number of alkyl halides is 1. The molecule has 1 N–H and O–H groups in total. The number of methoxy groups -OCH3 is 1. The van der Waals surface area contributed by atoms with Crippen LogP contribution in [0.3, 0.4) is 0 Å². The van der Waals surface area contributed by atoms with Crippen LogP contribution in [0.1, 0.15) is 13.8 Å². The Morgan fingerprint density at radius 2 is 2.14 bits per heavy atom. The van der Waals surface area contributed by atoms with Crippen LogP contribution in [-0.2, 0) is 9.53 Å². The predicted octanol–water partition coefficient (Wildman–Crippen LogP) is 0.626. The zero-order valence-electron chi connectivity index (χ0n) is 9.08. The molecule has 14 heavy (non-hydrogen) atoms. The number of hydrogen-bond donors (Lipinski definition) is 1. The zero-order valence-corrected chi connectivity index (χ0v) is 10.7. The summed E-state index contributed by atoms with van der Waals surface area (Å²) in [4.78, 5) is 12.6. The van der Waals surface area contributed by atoms with Gasteiger partial charge in [-0.3, -0.25) is 4.79 Å². The number of nitrogens with zero attached hydrogens (tertiary/aromatic N) is 1. The van der Waals surface area contributed by atoms with E-state index in [1.807, 2.05) is 11.9 Å². The molecule has 84 valence electrons. The van der Waals surface area contributed by atoms with Gasteiger partial charge in [-0.15, -0.1) is 0 Å². The third-order valence-corrected chi connectivity index (χ3v) is 2.25. The maximum atomic E-state index is 11.1. The largest absolute Gasteiger partial charge is 0.468 e. The van der Waals surface area contributed by atoms with Crippen LogP contribution >= 0.6 is 15.9 Å². The minimum Gasteiger partial charge on any atom is -0.468 e. The van der Waals surface area contributed by atoms with Gasteiger partial charge in [0, 0.05) is 13.1 Å². The molecule has 0 aromatic heterocycles. The van der Waals surface area contributed by atoms with Crippen LogP contribution in [0.4, 0.5) is 0 Å². The third-order valence-electron chi connectivity index (χ3n) is 1.59. The number of halogens is 1. The molecule has 1 atom stereocenters. The van der Waals surface area contributed by atoms with E-state index in [0.717, 1.165) is 0 Å². The summed E-state index contributed by atoms with van der Waals surface area (Å²) in [5.74, 6) is -0.299. The fourth-order valence-electron chi connectivity index (χ4n) is 1.20. The van der Waals surface area contributed by atoms with Gasteiger partial charge in [-0.2, -0.15) is 0 Å². The highest BCUT2D eigenvalue weighted by Gasteiger charge is 2.21. The molecule has 0 fully saturated rings. The number of ether oxygens (including phenoxy) is 1. The SMILES string of the molecule is COC(=O)C(Br)CN(C)CC(C)(C)O. The third kappa shape index (κ3) is 6.34. The number of rotatable bonds is 5. The lowest BCUT2D eigenvalue weighted by atomic mass is 10.1. The fourth-order valence-corrected chi connectivity index (χ4v) is 1.88. The summed E-state index contributed by atoms with van der Waals surface area (Å²) in [6.45, 7) is 4.47. The topological polar surface area (TPSA) is 49.8 Å². The molecule has 0 radical (unpaired) electrons. The van der Waals surface area contributed by atoms with Crippen molar-refractivity contribution in [2.75, 3.05) is 27.2 Å². The highest BCUT2D eigenvalue weighted by molar-refractivity contribution is 9.10. The molecule has 0 aliphatic carbocycles. The number of aliphatic hydroxyl groups is 1. The van der Waals surface area contributed by atoms with Gasteiger partial charge in [0.25, 0.3) is 0 Å². The summed E-state index contributed by atoms with van der Waals surface area (Å²) in [6.07, 6.45) is 0. The van der Waals surface area contributed by atoms with Crippen molar-refractivity contribution in [1.29, 1.82) is 0 Å². The standard InChI is InChI=1S/C9H18BrNO3/c1-9(2,13)6-11(3)5-7(10)8(12)14-4/h7,13H,5-6H2,1-4H3. The van der Waals surface area contributed by atoms with Crippen LogP contribution in [0.25, 0.3) is 0 Å². The Balaban J connectivity index is 3.94. The van der Waals surface area contributed by atoms with Crippen molar-refractivity contribution < 1.29 is 14.6 Å². The van der Waals surface area contributed by atoms with Crippen LogP contribution in [0.5, 0.6) is 0 Å². The zero-order chi connectivity index (χ0) is 11.4. The second-order valence-electron chi connectivity index (χ2n) is 4.00. The Labute approximate surface area is 93.4 Å². The van der Waals surface area contributed by atoms with Crippen LogP contribution in [0.15, 0.2) is 0 Å². The van der Waals surface area contributed by atoms with E-state index in [2.05, 4.69) is 20.7 Å². The lowest BCUT2D eigenvalue weighted by Gasteiger charge is -2.26. The number of esters is 1. The Morgan fingerprint density at radius 1 is 1.64 bits per heavy atom. The van der Waals surface area contributed by atoms with Gasteiger partial charge in [0.15, 0.2) is 0 Å². The molecule has 0 rings (SSSR count). The molecular weight excluding hydrogens is 250 g/mol. The van der Waals surface area contributed by atoms with Crippen molar-refractivity contribution in [3.63, 3.8) is 0 Å². The minimum absolute atomic E-state index is 0.299. The van der Waals surface area contributed by atoms with Gasteiger partial charge < -0.3 is 14.7 Å². The first-order valence-corrected chi connectivity index (χ1v) is 5.30. The van der Waals surface area contributed by atoms with E-state index in [0.29, 0.717) is 13.1 Å². The van der Waals surface area contributed by atoms with Crippen molar-refractivity contribution in [2.24, 2.45) is 0 Å². The molecule has 0 amide bonds. The molecule has 5 heteroatoms. The number of likely N-dealkylation sites (N-methyl/N-ethyl adjacent to an activating group) is 1. The van der Waals surface area contributed by atoms with Crippen LogP contribution < -0.4 is 0 Å². The summed E-state index contributed by atoms with van der Waals surface area (Å²) in [6, 6.07) is 0. The molecule has 0 aromatic rings. The van der Waals surface area contributed by atoms with Crippen molar-refractivity contribution in [3.8, 4) is 0 Å². The molecule has 0 saturated heterocycles. The molecule has 0 aliphatic heterocycles. The molecule has 0 bridgehead atoms. The number of carbonyl (C=O) groups excluding carboxylic acids is 1. The van der Waals surface area contributed by atoms with Gasteiger partial charge in [0.05, 0.1) is 12.7 Å². The van der Waals surface area contributed by atoms with E-state index in [1.165, 1.54) is 7.11 Å². The maximum absolute atomic E-state index is 11.1. The molecular formula is C9H18BrNO3. The van der Waals surface area contributed by atoms with Crippen molar-refractivity contribution in [3.05, 3.63) is 0 Å². The molecule has 0 aliphatic rings. The summed E-state index contributed by atoms with van der Waals surface area (Å²) in [5.41, 5.74) is -0.752. The first kappa shape index (κ1) is 13.9. The van der Waals surface area contributed by atoms with Crippen LogP contribution in [0.2, 0.25) is 0 Å². The van der Waals surface area contributed by atoms with E-state index in [1.54, 1.807) is 13.8 Å². The smallest absolute Gasteiger partial charge is 0.320 e. The number of carbonyl (C=O) groups is 1. The highest BCUT2D eigenvalue weighted by Crippen LogP contribution is 2.08. The van der Waals surface area contributed by atoms with E-state index in [9.17, 15) is 9.90 Å².